The van der Waals surface area contributed by atoms with Gasteiger partial charge in [-0.05, 0) is 42.5 Å². The molecule has 2 unspecified atom stereocenters. The molecule has 0 spiro atoms. The van der Waals surface area contributed by atoms with Crippen molar-refractivity contribution in [2.45, 2.75) is 58.5 Å². The predicted octanol–water partition coefficient (Wildman–Crippen LogP) is 6.64. The number of hydrogen-bond acceptors (Lipinski definition) is 2. The summed E-state index contributed by atoms with van der Waals surface area (Å²) in [7, 11) is 0. The Kier molecular flexibility index (Phi) is 9.89. The van der Waals surface area contributed by atoms with Crippen LogP contribution in [0, 0.1) is 18.8 Å². The summed E-state index contributed by atoms with van der Waals surface area (Å²) >= 11 is 0. The molecule has 2 aliphatic rings. The predicted molar refractivity (Wildman–Crippen MR) is 149 cm³/mol. The zero-order valence-electron chi connectivity index (χ0n) is 21.3. The molecule has 4 nitrogen and oxygen atoms in total. The Morgan fingerprint density at radius 2 is 1.36 bits per heavy atom. The van der Waals surface area contributed by atoms with Crippen molar-refractivity contribution in [1.82, 2.24) is 0 Å². The second kappa shape index (κ2) is 13.3. The topological polar surface area (TPSA) is 40.6 Å². The van der Waals surface area contributed by atoms with Gasteiger partial charge in [-0.2, -0.15) is 0 Å². The zero-order chi connectivity index (χ0) is 25.9. The second-order valence-corrected chi connectivity index (χ2v) is 8.96. The smallest absolute Gasteiger partial charge is 0.232 e. The highest BCUT2D eigenvalue weighted by Crippen LogP contribution is 2.43. The van der Waals surface area contributed by atoms with Gasteiger partial charge in [0.15, 0.2) is 0 Å². The minimum absolute atomic E-state index is 0.0168. The van der Waals surface area contributed by atoms with Crippen LogP contribution in [0.15, 0.2) is 84.9 Å². The third-order valence-corrected chi connectivity index (χ3v) is 6.83. The summed E-state index contributed by atoms with van der Waals surface area (Å²) in [5, 5.41) is 0. The highest BCUT2D eigenvalue weighted by atomic mass is 16.2. The fourth-order valence-electron chi connectivity index (χ4n) is 5.06. The Balaban J connectivity index is 0.000000305. The first-order chi connectivity index (χ1) is 17.6. The number of aryl methyl sites for hydroxylation is 1. The van der Waals surface area contributed by atoms with E-state index < -0.39 is 0 Å². The molecule has 1 fully saturated rings. The third-order valence-electron chi connectivity index (χ3n) is 6.83. The molecular formula is C32H36N2O2. The lowest BCUT2D eigenvalue weighted by Crippen LogP contribution is -2.44. The van der Waals surface area contributed by atoms with Crippen LogP contribution in [0.1, 0.15) is 50.7 Å². The van der Waals surface area contributed by atoms with E-state index in [1.165, 1.54) is 5.56 Å². The van der Waals surface area contributed by atoms with Crippen LogP contribution in [0.2, 0.25) is 0 Å². The van der Waals surface area contributed by atoms with E-state index in [4.69, 9.17) is 0 Å². The van der Waals surface area contributed by atoms with E-state index in [2.05, 4.69) is 44.0 Å². The molecule has 0 N–H and O–H groups in total. The standard InChI is InChI=1S/C22H24N2O2.C8H10.C2H2/c1-2-21(25)24-18-14-8-11-17(18)22(26)23(15-16-9-4-3-5-10-16)19-12-6-7-13-20(19)24;1-2-8-6-4-3-5-7-8;1-2/h3-7,9-10,12-13,17-18H,2,8,11,14-15H2,1H3;3-7H,2H2,1H3;1-2H. The number of hydrogen-bond donors (Lipinski definition) is 0. The quantitative estimate of drug-likeness (QED) is 0.393. The molecule has 3 aromatic rings. The fraction of sp³-hybridized carbons (Fsp3) is 0.312. The molecule has 1 saturated carbocycles. The van der Waals surface area contributed by atoms with Crippen molar-refractivity contribution in [2.75, 3.05) is 9.80 Å². The van der Waals surface area contributed by atoms with Gasteiger partial charge < -0.3 is 9.80 Å². The molecule has 0 bridgehead atoms. The molecule has 0 aromatic heterocycles. The highest BCUT2D eigenvalue weighted by Gasteiger charge is 2.45. The van der Waals surface area contributed by atoms with Gasteiger partial charge in [0.25, 0.3) is 0 Å². The van der Waals surface area contributed by atoms with Gasteiger partial charge in [-0.15, -0.1) is 12.8 Å². The molecule has 0 radical (unpaired) electrons. The number of para-hydroxylation sites is 2. The van der Waals surface area contributed by atoms with Gasteiger partial charge in [0.1, 0.15) is 0 Å². The highest BCUT2D eigenvalue weighted by molar-refractivity contribution is 6.06. The van der Waals surface area contributed by atoms with E-state index in [-0.39, 0.29) is 23.8 Å². The molecule has 186 valence electrons. The van der Waals surface area contributed by atoms with Crippen LogP contribution in [0.3, 0.4) is 0 Å². The fourth-order valence-corrected chi connectivity index (χ4v) is 5.06. The number of carbonyl (C=O) groups excluding carboxylic acids is 2. The monoisotopic (exact) mass is 480 g/mol. The van der Waals surface area contributed by atoms with E-state index in [1.807, 2.05) is 77.4 Å². The zero-order valence-corrected chi connectivity index (χ0v) is 21.3. The lowest BCUT2D eigenvalue weighted by molar-refractivity contribution is -0.123. The van der Waals surface area contributed by atoms with Crippen LogP contribution in [-0.2, 0) is 22.6 Å². The van der Waals surface area contributed by atoms with Crippen LogP contribution in [0.5, 0.6) is 0 Å². The van der Waals surface area contributed by atoms with E-state index >= 15 is 0 Å². The normalized spacial score (nSPS) is 17.9. The largest absolute Gasteiger partial charge is 0.307 e. The number of rotatable bonds is 4. The first-order valence-corrected chi connectivity index (χ1v) is 12.8. The number of terminal acetylenes is 1. The van der Waals surface area contributed by atoms with Gasteiger partial charge in [-0.1, -0.05) is 93.1 Å². The first-order valence-electron chi connectivity index (χ1n) is 12.8. The summed E-state index contributed by atoms with van der Waals surface area (Å²) in [6, 6.07) is 28.3. The van der Waals surface area contributed by atoms with E-state index in [0.29, 0.717) is 13.0 Å². The third kappa shape index (κ3) is 6.04. The summed E-state index contributed by atoms with van der Waals surface area (Å²) in [6.07, 6.45) is 12.3. The van der Waals surface area contributed by atoms with Gasteiger partial charge in [-0.25, -0.2) is 0 Å². The van der Waals surface area contributed by atoms with Crippen molar-refractivity contribution in [3.8, 4) is 12.8 Å². The maximum Gasteiger partial charge on any atom is 0.232 e. The molecule has 1 heterocycles. The average Bonchev–Trinajstić information content (AvgIpc) is 3.40. The van der Waals surface area contributed by atoms with Crippen LogP contribution < -0.4 is 9.80 Å². The van der Waals surface area contributed by atoms with Crippen molar-refractivity contribution < 1.29 is 9.59 Å². The Hall–Kier alpha value is -3.84. The Labute approximate surface area is 215 Å². The summed E-state index contributed by atoms with van der Waals surface area (Å²) in [5.74, 6) is 0.139. The molecule has 3 aromatic carbocycles. The molecular weight excluding hydrogens is 444 g/mol. The Bertz CT molecular complexity index is 1140. The lowest BCUT2D eigenvalue weighted by atomic mass is 10.0. The second-order valence-electron chi connectivity index (χ2n) is 8.96. The number of amides is 2. The van der Waals surface area contributed by atoms with Crippen LogP contribution >= 0.6 is 0 Å². The van der Waals surface area contributed by atoms with Crippen LogP contribution in [-0.4, -0.2) is 17.9 Å². The van der Waals surface area contributed by atoms with Gasteiger partial charge >= 0.3 is 0 Å². The minimum Gasteiger partial charge on any atom is -0.307 e. The molecule has 1 aliphatic carbocycles. The van der Waals surface area contributed by atoms with Gasteiger partial charge in [-0.3, -0.25) is 9.59 Å². The molecule has 36 heavy (non-hydrogen) atoms. The number of benzene rings is 3. The molecule has 4 heteroatoms. The van der Waals surface area contributed by atoms with Gasteiger partial charge in [0.05, 0.1) is 23.8 Å². The maximum absolute atomic E-state index is 13.4. The van der Waals surface area contributed by atoms with Crippen molar-refractivity contribution >= 4 is 23.2 Å². The van der Waals surface area contributed by atoms with Crippen LogP contribution in [0.4, 0.5) is 11.4 Å². The number of fused-ring (bicyclic) bond motifs is 2. The summed E-state index contributed by atoms with van der Waals surface area (Å²) in [4.78, 5) is 30.0. The summed E-state index contributed by atoms with van der Waals surface area (Å²) in [5.41, 5.74) is 4.23. The molecule has 1 aliphatic heterocycles. The number of carbonyl (C=O) groups is 2. The number of anilines is 2. The van der Waals surface area contributed by atoms with E-state index in [0.717, 1.165) is 42.6 Å². The molecule has 0 saturated heterocycles. The maximum atomic E-state index is 13.4. The van der Waals surface area contributed by atoms with Gasteiger partial charge in [0.2, 0.25) is 11.8 Å². The van der Waals surface area contributed by atoms with E-state index in [9.17, 15) is 9.59 Å². The minimum atomic E-state index is -0.110. The van der Waals surface area contributed by atoms with Crippen molar-refractivity contribution in [3.05, 3.63) is 96.1 Å². The Morgan fingerprint density at radius 3 is 1.92 bits per heavy atom. The Morgan fingerprint density at radius 1 is 0.806 bits per heavy atom. The lowest BCUT2D eigenvalue weighted by Gasteiger charge is -2.30. The summed E-state index contributed by atoms with van der Waals surface area (Å²) in [6.45, 7) is 4.59. The molecule has 5 rings (SSSR count). The van der Waals surface area contributed by atoms with Crippen molar-refractivity contribution in [2.24, 2.45) is 5.92 Å². The average molecular weight is 481 g/mol. The SMILES string of the molecule is C#C.CCC(=O)N1c2ccccc2N(Cc2ccccc2)C(=O)C2CCCC21.CCc1ccccc1. The van der Waals surface area contributed by atoms with E-state index in [1.54, 1.807) is 0 Å². The van der Waals surface area contributed by atoms with Crippen molar-refractivity contribution in [1.29, 1.82) is 0 Å². The van der Waals surface area contributed by atoms with Crippen molar-refractivity contribution in [3.63, 3.8) is 0 Å². The van der Waals surface area contributed by atoms with Gasteiger partial charge in [0, 0.05) is 12.5 Å². The van der Waals surface area contributed by atoms with Crippen LogP contribution in [0.25, 0.3) is 0 Å². The first kappa shape index (κ1) is 26.8. The molecule has 2 amide bonds. The molecule has 2 atom stereocenters. The number of nitrogens with zero attached hydrogens (tertiary/aromatic N) is 2. The summed E-state index contributed by atoms with van der Waals surface area (Å²) < 4.78 is 0.